The topological polar surface area (TPSA) is 77.4 Å². The molecule has 4 nitrogen and oxygen atoms in total. The van der Waals surface area contributed by atoms with Crippen LogP contribution in [-0.2, 0) is 10.1 Å². The monoisotopic (exact) mass is 372 g/mol. The van der Waals surface area contributed by atoms with Crippen LogP contribution in [0, 0.1) is 0 Å². The van der Waals surface area contributed by atoms with Crippen molar-refractivity contribution in [3.8, 4) is 0 Å². The van der Waals surface area contributed by atoms with Gasteiger partial charge in [0.1, 0.15) is 0 Å². The molecule has 1 N–H and O–H groups in total. The third-order valence-corrected chi connectivity index (χ3v) is 5.76. The van der Waals surface area contributed by atoms with Crippen molar-refractivity contribution in [3.63, 3.8) is 0 Å². The maximum atomic E-state index is 11.3. The van der Waals surface area contributed by atoms with Gasteiger partial charge in [-0.05, 0) is 19.3 Å². The predicted molar refractivity (Wildman–Crippen MR) is 95.5 cm³/mol. The van der Waals surface area contributed by atoms with Gasteiger partial charge in [-0.3, -0.25) is 0 Å². The summed E-state index contributed by atoms with van der Waals surface area (Å²) in [5, 5.41) is 7.99. The van der Waals surface area contributed by atoms with E-state index in [9.17, 15) is 13.0 Å². The first kappa shape index (κ1) is 27.1. The van der Waals surface area contributed by atoms with E-state index >= 15 is 0 Å². The van der Waals surface area contributed by atoms with Crippen molar-refractivity contribution in [3.05, 3.63) is 0 Å². The van der Waals surface area contributed by atoms with Crippen LogP contribution in [0.5, 0.6) is 0 Å². The molecule has 1 atom stereocenters. The molecule has 0 aliphatic rings. The largest absolute Gasteiger partial charge is 1.00 e. The molecule has 0 spiro atoms. The van der Waals surface area contributed by atoms with Gasteiger partial charge in [0.25, 0.3) is 0 Å². The van der Waals surface area contributed by atoms with E-state index in [1.165, 1.54) is 44.9 Å². The Hall–Kier alpha value is 0.870. The van der Waals surface area contributed by atoms with Crippen molar-refractivity contribution in [2.24, 2.45) is 0 Å². The summed E-state index contributed by atoms with van der Waals surface area (Å²) in [6, 6.07) is 0. The molecule has 0 aromatic heterocycles. The van der Waals surface area contributed by atoms with Crippen LogP contribution in [-0.4, -0.2) is 29.9 Å². The second-order valence-electron chi connectivity index (χ2n) is 6.66. The standard InChI is InChI=1S/C18H38O4S.Na/c1-2-3-4-5-6-7-8-9-10-12-15-18(23(20,21)22)16-13-11-14-17-19;/h18-19H,2-17H2,1H3,(H,20,21,22);/q;+1/p-1. The Bertz CT molecular complexity index is 347. The van der Waals surface area contributed by atoms with E-state index in [0.717, 1.165) is 25.7 Å². The molecule has 140 valence electrons. The third-order valence-electron chi connectivity index (χ3n) is 4.47. The SMILES string of the molecule is CCCCCCCCCCCCC(CCCCCO)S(=O)(=O)[O-].[Na+]. The summed E-state index contributed by atoms with van der Waals surface area (Å²) >= 11 is 0. The molecule has 0 aliphatic heterocycles. The molecule has 0 saturated carbocycles. The first-order valence-electron chi connectivity index (χ1n) is 9.58. The van der Waals surface area contributed by atoms with Crippen molar-refractivity contribution in [2.75, 3.05) is 6.61 Å². The first-order chi connectivity index (χ1) is 11.0. The second kappa shape index (κ2) is 18.7. The average Bonchev–Trinajstić information content (AvgIpc) is 2.50. The van der Waals surface area contributed by atoms with Crippen LogP contribution in [0.4, 0.5) is 0 Å². The molecule has 0 amide bonds. The quantitative estimate of drug-likeness (QED) is 0.240. The minimum absolute atomic E-state index is 0. The van der Waals surface area contributed by atoms with Crippen LogP contribution in [0.2, 0.25) is 0 Å². The summed E-state index contributed by atoms with van der Waals surface area (Å²) in [7, 11) is -4.17. The Labute approximate surface area is 172 Å². The van der Waals surface area contributed by atoms with Gasteiger partial charge in [-0.15, -0.1) is 0 Å². The van der Waals surface area contributed by atoms with Crippen LogP contribution >= 0.6 is 0 Å². The number of hydrogen-bond donors (Lipinski definition) is 1. The second-order valence-corrected chi connectivity index (χ2v) is 8.31. The van der Waals surface area contributed by atoms with Crippen molar-refractivity contribution in [2.45, 2.75) is 108 Å². The Morgan fingerprint density at radius 2 is 1.12 bits per heavy atom. The Morgan fingerprint density at radius 1 is 0.750 bits per heavy atom. The van der Waals surface area contributed by atoms with Gasteiger partial charge in [0, 0.05) is 11.9 Å². The number of aliphatic hydroxyl groups is 1. The molecule has 0 radical (unpaired) electrons. The molecule has 0 heterocycles. The number of rotatable bonds is 17. The Balaban J connectivity index is 0. The van der Waals surface area contributed by atoms with Crippen molar-refractivity contribution in [1.82, 2.24) is 0 Å². The van der Waals surface area contributed by atoms with Crippen molar-refractivity contribution < 1.29 is 47.6 Å². The van der Waals surface area contributed by atoms with E-state index < -0.39 is 15.4 Å². The van der Waals surface area contributed by atoms with Gasteiger partial charge in [-0.2, -0.15) is 0 Å². The molecule has 0 aliphatic carbocycles. The van der Waals surface area contributed by atoms with Gasteiger partial charge >= 0.3 is 29.6 Å². The Kier molecular flexibility index (Phi) is 21.1. The maximum absolute atomic E-state index is 11.3. The number of unbranched alkanes of at least 4 members (excludes halogenated alkanes) is 11. The van der Waals surface area contributed by atoms with Gasteiger partial charge in [0.15, 0.2) is 0 Å². The zero-order chi connectivity index (χ0) is 17.4. The zero-order valence-electron chi connectivity index (χ0n) is 16.0. The van der Waals surface area contributed by atoms with Crippen molar-refractivity contribution in [1.29, 1.82) is 0 Å². The zero-order valence-corrected chi connectivity index (χ0v) is 18.8. The summed E-state index contributed by atoms with van der Waals surface area (Å²) in [5.41, 5.74) is 0. The van der Waals surface area contributed by atoms with Gasteiger partial charge in [-0.25, -0.2) is 8.42 Å². The maximum Gasteiger partial charge on any atom is 1.00 e. The molecule has 24 heavy (non-hydrogen) atoms. The number of aliphatic hydroxyl groups excluding tert-OH is 1. The third kappa shape index (κ3) is 17.7. The van der Waals surface area contributed by atoms with E-state index in [-0.39, 0.29) is 36.2 Å². The summed E-state index contributed by atoms with van der Waals surface area (Å²) < 4.78 is 33.8. The van der Waals surface area contributed by atoms with E-state index in [1.807, 2.05) is 0 Å². The van der Waals surface area contributed by atoms with Crippen LogP contribution in [0.3, 0.4) is 0 Å². The van der Waals surface area contributed by atoms with Crippen molar-refractivity contribution >= 4 is 10.1 Å². The van der Waals surface area contributed by atoms with E-state index in [1.54, 1.807) is 0 Å². The van der Waals surface area contributed by atoms with Gasteiger partial charge in [0.2, 0.25) is 0 Å². The molecule has 1 unspecified atom stereocenters. The fraction of sp³-hybridized carbons (Fsp3) is 1.00. The van der Waals surface area contributed by atoms with E-state index in [0.29, 0.717) is 25.7 Å². The van der Waals surface area contributed by atoms with E-state index in [4.69, 9.17) is 5.11 Å². The minimum Gasteiger partial charge on any atom is -0.748 e. The summed E-state index contributed by atoms with van der Waals surface area (Å²) in [4.78, 5) is 0. The molecule has 0 bridgehead atoms. The van der Waals surface area contributed by atoms with Crippen LogP contribution in [0.1, 0.15) is 103 Å². The summed E-state index contributed by atoms with van der Waals surface area (Å²) in [6.45, 7) is 2.36. The van der Waals surface area contributed by atoms with Crippen LogP contribution < -0.4 is 29.6 Å². The smallest absolute Gasteiger partial charge is 0.748 e. The molecular formula is C18H37NaO4S. The summed E-state index contributed by atoms with van der Waals surface area (Å²) in [6.07, 6.45) is 15.2. The molecule has 0 aromatic rings. The molecule has 0 fully saturated rings. The van der Waals surface area contributed by atoms with Crippen LogP contribution in [0.25, 0.3) is 0 Å². The molecule has 0 saturated heterocycles. The average molecular weight is 373 g/mol. The summed E-state index contributed by atoms with van der Waals surface area (Å²) in [5.74, 6) is 0. The first-order valence-corrected chi connectivity index (χ1v) is 11.0. The van der Waals surface area contributed by atoms with Gasteiger partial charge in [0.05, 0.1) is 10.1 Å². The fourth-order valence-corrected chi connectivity index (χ4v) is 3.86. The van der Waals surface area contributed by atoms with Gasteiger partial charge < -0.3 is 9.66 Å². The fourth-order valence-electron chi connectivity index (χ4n) is 2.95. The molecular weight excluding hydrogens is 335 g/mol. The van der Waals surface area contributed by atoms with Gasteiger partial charge in [-0.1, -0.05) is 84.0 Å². The van der Waals surface area contributed by atoms with Crippen LogP contribution in [0.15, 0.2) is 0 Å². The molecule has 0 aromatic carbocycles. The van der Waals surface area contributed by atoms with E-state index in [2.05, 4.69) is 6.92 Å². The minimum atomic E-state index is -4.17. The predicted octanol–water partition coefficient (Wildman–Crippen LogP) is 1.77. The normalized spacial score (nSPS) is 12.8. The molecule has 0 rings (SSSR count). The number of hydrogen-bond acceptors (Lipinski definition) is 4. The molecule has 6 heteroatoms. The Morgan fingerprint density at radius 3 is 1.50 bits per heavy atom.